The second-order valence-electron chi connectivity index (χ2n) is 3.23. The van der Waals surface area contributed by atoms with E-state index < -0.39 is 0 Å². The number of hydrogen-bond donors (Lipinski definition) is 0. The molecule has 1 aromatic heterocycles. The number of halogens is 1. The van der Waals surface area contributed by atoms with E-state index in [-0.39, 0.29) is 0 Å². The van der Waals surface area contributed by atoms with Crippen molar-refractivity contribution in [2.45, 2.75) is 19.9 Å². The Balaban J connectivity index is 2.26. The first-order valence-corrected chi connectivity index (χ1v) is 4.90. The van der Waals surface area contributed by atoms with Gasteiger partial charge in [-0.25, -0.2) is 9.97 Å². The minimum atomic E-state index is 0.365. The quantitative estimate of drug-likeness (QED) is 0.640. The maximum Gasteiger partial charge on any atom is 0.222 e. The summed E-state index contributed by atoms with van der Waals surface area (Å²) in [6.07, 6.45) is 2.83. The van der Waals surface area contributed by atoms with Crippen LogP contribution < -0.4 is 0 Å². The van der Waals surface area contributed by atoms with Crippen LogP contribution in [0.25, 0.3) is 0 Å². The summed E-state index contributed by atoms with van der Waals surface area (Å²) in [6, 6.07) is 0. The van der Waals surface area contributed by atoms with Crippen LogP contribution in [0.2, 0.25) is 5.28 Å². The monoisotopic (exact) mass is 197 g/mol. The van der Waals surface area contributed by atoms with Crippen LogP contribution in [-0.2, 0) is 13.0 Å². The van der Waals surface area contributed by atoms with Crippen molar-refractivity contribution in [3.8, 4) is 0 Å². The molecule has 1 aliphatic rings. The lowest BCUT2D eigenvalue weighted by Gasteiger charge is -2.26. The molecular formula is C9H12ClN3. The first-order chi connectivity index (χ1) is 6.29. The molecule has 1 aromatic rings. The van der Waals surface area contributed by atoms with E-state index in [0.29, 0.717) is 5.28 Å². The zero-order valence-corrected chi connectivity index (χ0v) is 8.38. The molecule has 2 heterocycles. The van der Waals surface area contributed by atoms with Gasteiger partial charge in [0.25, 0.3) is 0 Å². The Labute approximate surface area is 82.8 Å². The molecule has 0 aliphatic carbocycles. The van der Waals surface area contributed by atoms with Crippen LogP contribution in [0.4, 0.5) is 0 Å². The number of fused-ring (bicyclic) bond motifs is 1. The van der Waals surface area contributed by atoms with E-state index in [9.17, 15) is 0 Å². The fourth-order valence-corrected chi connectivity index (χ4v) is 1.77. The molecule has 0 N–H and O–H groups in total. The molecule has 0 spiro atoms. The Morgan fingerprint density at radius 3 is 3.23 bits per heavy atom. The summed E-state index contributed by atoms with van der Waals surface area (Å²) in [5, 5.41) is 0.365. The third-order valence-electron chi connectivity index (χ3n) is 2.43. The number of likely N-dealkylation sites (N-methyl/N-ethyl adjacent to an activating group) is 1. The molecule has 0 atom stereocenters. The van der Waals surface area contributed by atoms with E-state index in [1.54, 1.807) is 0 Å². The van der Waals surface area contributed by atoms with Gasteiger partial charge < -0.3 is 0 Å². The van der Waals surface area contributed by atoms with E-state index in [1.165, 1.54) is 5.56 Å². The topological polar surface area (TPSA) is 29.0 Å². The predicted molar refractivity (Wildman–Crippen MR) is 51.7 cm³/mol. The third kappa shape index (κ3) is 1.81. The summed E-state index contributed by atoms with van der Waals surface area (Å²) in [5.74, 6) is 0. The fraction of sp³-hybridized carbons (Fsp3) is 0.556. The summed E-state index contributed by atoms with van der Waals surface area (Å²) in [6.45, 7) is 5.30. The standard InChI is InChI=1S/C9H12ClN3/c1-2-13-4-3-8-7(6-13)5-11-9(10)12-8/h5H,2-4,6H2,1H3. The Morgan fingerprint density at radius 1 is 1.62 bits per heavy atom. The lowest BCUT2D eigenvalue weighted by Crippen LogP contribution is -2.30. The van der Waals surface area contributed by atoms with E-state index in [0.717, 1.165) is 31.7 Å². The summed E-state index contributed by atoms with van der Waals surface area (Å²) in [4.78, 5) is 10.6. The van der Waals surface area contributed by atoms with Gasteiger partial charge in [0.2, 0.25) is 5.28 Å². The Bertz CT molecular complexity index is 314. The lowest BCUT2D eigenvalue weighted by atomic mass is 10.1. The second kappa shape index (κ2) is 3.60. The Hall–Kier alpha value is -0.670. The fourth-order valence-electron chi connectivity index (χ4n) is 1.62. The predicted octanol–water partition coefficient (Wildman–Crippen LogP) is 1.51. The number of hydrogen-bond acceptors (Lipinski definition) is 3. The van der Waals surface area contributed by atoms with Crippen LogP contribution in [0.5, 0.6) is 0 Å². The number of nitrogens with zero attached hydrogens (tertiary/aromatic N) is 3. The highest BCUT2D eigenvalue weighted by molar-refractivity contribution is 6.28. The normalized spacial score (nSPS) is 17.1. The van der Waals surface area contributed by atoms with Gasteiger partial charge in [-0.15, -0.1) is 0 Å². The minimum Gasteiger partial charge on any atom is -0.299 e. The number of rotatable bonds is 1. The minimum absolute atomic E-state index is 0.365. The summed E-state index contributed by atoms with van der Waals surface area (Å²) in [5.41, 5.74) is 2.34. The van der Waals surface area contributed by atoms with Crippen molar-refractivity contribution in [3.05, 3.63) is 22.7 Å². The molecule has 0 radical (unpaired) electrons. The van der Waals surface area contributed by atoms with Crippen molar-refractivity contribution in [2.24, 2.45) is 0 Å². The van der Waals surface area contributed by atoms with Gasteiger partial charge in [-0.2, -0.15) is 0 Å². The molecule has 0 saturated carbocycles. The zero-order chi connectivity index (χ0) is 9.26. The molecule has 0 fully saturated rings. The molecule has 0 unspecified atom stereocenters. The first-order valence-electron chi connectivity index (χ1n) is 4.52. The SMILES string of the molecule is CCN1CCc2nc(Cl)ncc2C1. The highest BCUT2D eigenvalue weighted by atomic mass is 35.5. The first kappa shape index (κ1) is 8.91. The molecule has 1 aliphatic heterocycles. The van der Waals surface area contributed by atoms with Crippen molar-refractivity contribution < 1.29 is 0 Å². The average Bonchev–Trinajstić information content (AvgIpc) is 2.17. The van der Waals surface area contributed by atoms with Crippen LogP contribution in [-0.4, -0.2) is 28.0 Å². The van der Waals surface area contributed by atoms with Crippen LogP contribution in [0.15, 0.2) is 6.20 Å². The van der Waals surface area contributed by atoms with E-state index in [4.69, 9.17) is 11.6 Å². The van der Waals surface area contributed by atoms with Gasteiger partial charge >= 0.3 is 0 Å². The molecule has 2 rings (SSSR count). The van der Waals surface area contributed by atoms with E-state index in [1.807, 2.05) is 6.20 Å². The van der Waals surface area contributed by atoms with Gasteiger partial charge in [-0.1, -0.05) is 6.92 Å². The highest BCUT2D eigenvalue weighted by Crippen LogP contribution is 2.16. The molecule has 0 bridgehead atoms. The van der Waals surface area contributed by atoms with Gasteiger partial charge in [0, 0.05) is 31.3 Å². The summed E-state index contributed by atoms with van der Waals surface area (Å²) < 4.78 is 0. The smallest absolute Gasteiger partial charge is 0.222 e. The van der Waals surface area contributed by atoms with Crippen molar-refractivity contribution in [1.29, 1.82) is 0 Å². The van der Waals surface area contributed by atoms with E-state index >= 15 is 0 Å². The maximum absolute atomic E-state index is 5.71. The van der Waals surface area contributed by atoms with Gasteiger partial charge in [-0.3, -0.25) is 4.90 Å². The Morgan fingerprint density at radius 2 is 2.46 bits per heavy atom. The third-order valence-corrected chi connectivity index (χ3v) is 2.61. The average molecular weight is 198 g/mol. The molecule has 70 valence electrons. The largest absolute Gasteiger partial charge is 0.299 e. The van der Waals surface area contributed by atoms with Crippen LogP contribution in [0.3, 0.4) is 0 Å². The molecule has 0 amide bonds. The van der Waals surface area contributed by atoms with Gasteiger partial charge in [0.05, 0.1) is 5.69 Å². The molecular weight excluding hydrogens is 186 g/mol. The summed E-state index contributed by atoms with van der Waals surface area (Å²) >= 11 is 5.71. The van der Waals surface area contributed by atoms with E-state index in [2.05, 4.69) is 21.8 Å². The van der Waals surface area contributed by atoms with Crippen molar-refractivity contribution in [2.75, 3.05) is 13.1 Å². The maximum atomic E-state index is 5.71. The van der Waals surface area contributed by atoms with Gasteiger partial charge in [0.1, 0.15) is 0 Å². The number of aromatic nitrogens is 2. The molecule has 4 heteroatoms. The second-order valence-corrected chi connectivity index (χ2v) is 3.57. The Kier molecular flexibility index (Phi) is 2.47. The molecule has 13 heavy (non-hydrogen) atoms. The van der Waals surface area contributed by atoms with Crippen molar-refractivity contribution in [3.63, 3.8) is 0 Å². The zero-order valence-electron chi connectivity index (χ0n) is 7.63. The highest BCUT2D eigenvalue weighted by Gasteiger charge is 2.16. The van der Waals surface area contributed by atoms with Crippen LogP contribution in [0, 0.1) is 0 Å². The van der Waals surface area contributed by atoms with Crippen molar-refractivity contribution >= 4 is 11.6 Å². The molecule has 3 nitrogen and oxygen atoms in total. The molecule has 0 aromatic carbocycles. The van der Waals surface area contributed by atoms with Gasteiger partial charge in [0.15, 0.2) is 0 Å². The van der Waals surface area contributed by atoms with Crippen LogP contribution in [0.1, 0.15) is 18.2 Å². The van der Waals surface area contributed by atoms with Crippen LogP contribution >= 0.6 is 11.6 Å². The lowest BCUT2D eigenvalue weighted by molar-refractivity contribution is 0.265. The van der Waals surface area contributed by atoms with Crippen molar-refractivity contribution in [1.82, 2.24) is 14.9 Å². The molecule has 0 saturated heterocycles. The summed E-state index contributed by atoms with van der Waals surface area (Å²) in [7, 11) is 0. The van der Waals surface area contributed by atoms with Gasteiger partial charge in [-0.05, 0) is 18.1 Å².